The molecule has 0 unspecified atom stereocenters. The van der Waals surface area contributed by atoms with Crippen LogP contribution in [-0.2, 0) is 0 Å². The summed E-state index contributed by atoms with van der Waals surface area (Å²) in [4.78, 5) is 12.7. The van der Waals surface area contributed by atoms with E-state index < -0.39 is 0 Å². The van der Waals surface area contributed by atoms with Gasteiger partial charge in [-0.15, -0.1) is 0 Å². The van der Waals surface area contributed by atoms with E-state index in [9.17, 15) is 9.90 Å². The first-order chi connectivity index (χ1) is 13.1. The van der Waals surface area contributed by atoms with E-state index in [2.05, 4.69) is 19.2 Å². The van der Waals surface area contributed by atoms with Crippen molar-refractivity contribution >= 4 is 5.78 Å². The minimum Gasteiger partial charge on any atom is -0.507 e. The molecule has 0 atom stereocenters. The number of phenols is 1. The van der Waals surface area contributed by atoms with Gasteiger partial charge in [-0.05, 0) is 62.0 Å². The van der Waals surface area contributed by atoms with Gasteiger partial charge in [0.05, 0.1) is 0 Å². The van der Waals surface area contributed by atoms with Crippen LogP contribution in [0.1, 0.15) is 78.9 Å². The first-order valence-corrected chi connectivity index (χ1v) is 10.2. The van der Waals surface area contributed by atoms with Crippen molar-refractivity contribution in [3.63, 3.8) is 0 Å². The Kier molecular flexibility index (Phi) is 8.53. The summed E-state index contributed by atoms with van der Waals surface area (Å²) in [5.41, 5.74) is 3.13. The highest BCUT2D eigenvalue weighted by Crippen LogP contribution is 2.39. The predicted octanol–water partition coefficient (Wildman–Crippen LogP) is 5.60. The molecule has 0 spiro atoms. The van der Waals surface area contributed by atoms with Gasteiger partial charge in [0.15, 0.2) is 5.78 Å². The quantitative estimate of drug-likeness (QED) is 0.677. The molecular weight excluding hydrogens is 334 g/mol. The number of benzene rings is 2. The summed E-state index contributed by atoms with van der Waals surface area (Å²) in [5.74, 6) is 0.785. The zero-order chi connectivity index (χ0) is 19.6. The standard InChI is InChI=1S/C20H22O2.C4H11N/c1-14-12-17(20(22)16-10-6-3-7-11-16)13-18(19(14)21)15-8-4-2-5-9-15;1-3-5-4-2/h3,6-7,10-13,15,21H,2,4-5,8-9H2,1H3;5H,3-4H2,1-2H3. The van der Waals surface area contributed by atoms with Crippen LogP contribution in [0.15, 0.2) is 42.5 Å². The maximum atomic E-state index is 12.7. The number of ketones is 1. The number of carbonyl (C=O) groups is 1. The van der Waals surface area contributed by atoms with E-state index in [0.29, 0.717) is 22.8 Å². The lowest BCUT2D eigenvalue weighted by Gasteiger charge is -2.24. The van der Waals surface area contributed by atoms with E-state index in [-0.39, 0.29) is 5.78 Å². The molecule has 3 rings (SSSR count). The Morgan fingerprint density at radius 3 is 2.19 bits per heavy atom. The van der Waals surface area contributed by atoms with E-state index in [1.54, 1.807) is 6.07 Å². The lowest BCUT2D eigenvalue weighted by molar-refractivity contribution is 0.103. The first kappa shape index (κ1) is 21.2. The minimum absolute atomic E-state index is 0.0285. The fourth-order valence-electron chi connectivity index (χ4n) is 3.67. The van der Waals surface area contributed by atoms with Crippen LogP contribution in [0.3, 0.4) is 0 Å². The van der Waals surface area contributed by atoms with E-state index >= 15 is 0 Å². The second-order valence-electron chi connectivity index (χ2n) is 7.22. The summed E-state index contributed by atoms with van der Waals surface area (Å²) < 4.78 is 0. The Balaban J connectivity index is 0.000000465. The normalized spacial score (nSPS) is 14.3. The molecule has 3 nitrogen and oxygen atoms in total. The summed E-state index contributed by atoms with van der Waals surface area (Å²) >= 11 is 0. The molecule has 0 heterocycles. The van der Waals surface area contributed by atoms with E-state index in [4.69, 9.17) is 0 Å². The van der Waals surface area contributed by atoms with Crippen LogP contribution in [-0.4, -0.2) is 24.0 Å². The van der Waals surface area contributed by atoms with E-state index in [1.807, 2.05) is 43.3 Å². The highest BCUT2D eigenvalue weighted by atomic mass is 16.3. The molecule has 0 aromatic heterocycles. The van der Waals surface area contributed by atoms with Gasteiger partial charge in [0.1, 0.15) is 5.75 Å². The topological polar surface area (TPSA) is 49.3 Å². The number of hydrogen-bond donors (Lipinski definition) is 2. The average molecular weight is 368 g/mol. The smallest absolute Gasteiger partial charge is 0.193 e. The minimum atomic E-state index is 0.0285. The van der Waals surface area contributed by atoms with E-state index in [0.717, 1.165) is 37.1 Å². The largest absolute Gasteiger partial charge is 0.507 e. The fraction of sp³-hybridized carbons (Fsp3) is 0.458. The molecule has 0 bridgehead atoms. The molecular formula is C24H33NO2. The predicted molar refractivity (Wildman–Crippen MR) is 113 cm³/mol. The SMILES string of the molecule is CCNCC.Cc1cc(C(=O)c2ccccc2)cc(C2CCCCC2)c1O. The van der Waals surface area contributed by atoms with Gasteiger partial charge in [-0.25, -0.2) is 0 Å². The first-order valence-electron chi connectivity index (χ1n) is 10.2. The van der Waals surface area contributed by atoms with Crippen LogP contribution in [0.4, 0.5) is 0 Å². The number of carbonyl (C=O) groups excluding carboxylic acids is 1. The van der Waals surface area contributed by atoms with Crippen molar-refractivity contribution in [3.05, 3.63) is 64.7 Å². The number of phenolic OH excluding ortho intramolecular Hbond substituents is 1. The summed E-state index contributed by atoms with van der Waals surface area (Å²) in [6.45, 7) is 8.27. The van der Waals surface area contributed by atoms with Gasteiger partial charge in [-0.3, -0.25) is 4.79 Å². The molecule has 3 heteroatoms. The fourth-order valence-corrected chi connectivity index (χ4v) is 3.67. The Morgan fingerprint density at radius 1 is 1.00 bits per heavy atom. The number of aromatic hydroxyl groups is 1. The molecule has 1 fully saturated rings. The molecule has 1 aliphatic carbocycles. The van der Waals surface area contributed by atoms with Crippen molar-refractivity contribution in [1.29, 1.82) is 0 Å². The number of aryl methyl sites for hydroxylation is 1. The van der Waals surface area contributed by atoms with Crippen LogP contribution in [0.5, 0.6) is 5.75 Å². The number of nitrogens with one attached hydrogen (secondary N) is 1. The second-order valence-corrected chi connectivity index (χ2v) is 7.22. The molecule has 0 aliphatic heterocycles. The third-order valence-corrected chi connectivity index (χ3v) is 5.17. The zero-order valence-electron chi connectivity index (χ0n) is 16.9. The molecule has 1 aliphatic rings. The van der Waals surface area contributed by atoms with Crippen molar-refractivity contribution in [3.8, 4) is 5.75 Å². The molecule has 2 N–H and O–H groups in total. The van der Waals surface area contributed by atoms with Crippen LogP contribution < -0.4 is 5.32 Å². The lowest BCUT2D eigenvalue weighted by Crippen LogP contribution is -2.09. The lowest BCUT2D eigenvalue weighted by atomic mass is 9.82. The summed E-state index contributed by atoms with van der Waals surface area (Å²) in [7, 11) is 0. The van der Waals surface area contributed by atoms with Gasteiger partial charge in [-0.2, -0.15) is 0 Å². The number of rotatable bonds is 5. The van der Waals surface area contributed by atoms with Crippen molar-refractivity contribution in [2.24, 2.45) is 0 Å². The monoisotopic (exact) mass is 367 g/mol. The molecule has 0 radical (unpaired) electrons. The molecule has 0 amide bonds. The maximum Gasteiger partial charge on any atom is 0.193 e. The molecule has 146 valence electrons. The summed E-state index contributed by atoms with van der Waals surface area (Å²) in [6.07, 6.45) is 5.91. The van der Waals surface area contributed by atoms with Crippen molar-refractivity contribution in [2.45, 2.75) is 58.8 Å². The second kappa shape index (κ2) is 10.9. The number of hydrogen-bond acceptors (Lipinski definition) is 3. The van der Waals surface area contributed by atoms with Gasteiger partial charge >= 0.3 is 0 Å². The van der Waals surface area contributed by atoms with Crippen molar-refractivity contribution < 1.29 is 9.90 Å². The molecule has 27 heavy (non-hydrogen) atoms. The molecule has 1 saturated carbocycles. The van der Waals surface area contributed by atoms with Crippen LogP contribution in [0.25, 0.3) is 0 Å². The Morgan fingerprint density at radius 2 is 1.63 bits per heavy atom. The van der Waals surface area contributed by atoms with Gasteiger partial charge in [0, 0.05) is 11.1 Å². The maximum absolute atomic E-state index is 12.7. The highest BCUT2D eigenvalue weighted by molar-refractivity contribution is 6.09. The van der Waals surface area contributed by atoms with Gasteiger partial charge in [-0.1, -0.05) is 63.4 Å². The van der Waals surface area contributed by atoms with Gasteiger partial charge < -0.3 is 10.4 Å². The van der Waals surface area contributed by atoms with Crippen molar-refractivity contribution in [1.82, 2.24) is 5.32 Å². The molecule has 2 aromatic carbocycles. The third kappa shape index (κ3) is 5.93. The van der Waals surface area contributed by atoms with Crippen LogP contribution in [0, 0.1) is 6.92 Å². The Hall–Kier alpha value is -2.13. The van der Waals surface area contributed by atoms with E-state index in [1.165, 1.54) is 19.3 Å². The summed E-state index contributed by atoms with van der Waals surface area (Å²) in [5, 5.41) is 13.5. The Bertz CT molecular complexity index is 717. The third-order valence-electron chi connectivity index (χ3n) is 5.17. The molecule has 0 saturated heterocycles. The van der Waals surface area contributed by atoms with Crippen LogP contribution >= 0.6 is 0 Å². The Labute approximate surface area is 163 Å². The highest BCUT2D eigenvalue weighted by Gasteiger charge is 2.22. The van der Waals surface area contributed by atoms with Crippen molar-refractivity contribution in [2.75, 3.05) is 13.1 Å². The van der Waals surface area contributed by atoms with Gasteiger partial charge in [0.25, 0.3) is 0 Å². The average Bonchev–Trinajstić information content (AvgIpc) is 2.72. The summed E-state index contributed by atoms with van der Waals surface area (Å²) in [6, 6.07) is 13.1. The van der Waals surface area contributed by atoms with Crippen LogP contribution in [0.2, 0.25) is 0 Å². The zero-order valence-corrected chi connectivity index (χ0v) is 16.9. The molecule has 2 aromatic rings. The van der Waals surface area contributed by atoms with Gasteiger partial charge in [0.2, 0.25) is 0 Å².